The van der Waals surface area contributed by atoms with Gasteiger partial charge in [0.05, 0.1) is 4.92 Å². The summed E-state index contributed by atoms with van der Waals surface area (Å²) in [4.78, 5) is 32.4. The normalized spacial score (nSPS) is 10.3. The summed E-state index contributed by atoms with van der Waals surface area (Å²) in [5.74, 6) is 0.312. The summed E-state index contributed by atoms with van der Waals surface area (Å²) < 4.78 is 0. The summed E-state index contributed by atoms with van der Waals surface area (Å²) in [6.07, 6.45) is 0. The van der Waals surface area contributed by atoms with Crippen molar-refractivity contribution in [2.75, 3.05) is 10.6 Å². The molecule has 9 nitrogen and oxygen atoms in total. The van der Waals surface area contributed by atoms with Gasteiger partial charge in [0.15, 0.2) is 0 Å². The van der Waals surface area contributed by atoms with Crippen LogP contribution in [-0.2, 0) is 0 Å². The molecule has 0 saturated carbocycles. The first kappa shape index (κ1) is 16.1. The molecule has 0 aliphatic carbocycles. The minimum Gasteiger partial charge on any atom is -0.326 e. The van der Waals surface area contributed by atoms with Gasteiger partial charge >= 0.3 is 5.69 Å². The van der Waals surface area contributed by atoms with Crippen molar-refractivity contribution < 1.29 is 4.92 Å². The van der Waals surface area contributed by atoms with E-state index in [2.05, 4.69) is 25.6 Å². The van der Waals surface area contributed by atoms with E-state index in [4.69, 9.17) is 0 Å². The van der Waals surface area contributed by atoms with Crippen molar-refractivity contribution in [3.05, 3.63) is 74.7 Å². The van der Waals surface area contributed by atoms with E-state index in [-0.39, 0.29) is 17.6 Å². The molecule has 0 aliphatic rings. The van der Waals surface area contributed by atoms with Crippen LogP contribution in [0.25, 0.3) is 0 Å². The van der Waals surface area contributed by atoms with E-state index < -0.39 is 10.6 Å². The van der Waals surface area contributed by atoms with Gasteiger partial charge in [-0.15, -0.1) is 0 Å². The number of anilines is 4. The number of rotatable bonds is 5. The average molecular weight is 338 g/mol. The van der Waals surface area contributed by atoms with Crippen LogP contribution in [0.3, 0.4) is 0 Å². The highest BCUT2D eigenvalue weighted by molar-refractivity contribution is 5.60. The summed E-state index contributed by atoms with van der Waals surface area (Å²) in [6, 6.07) is 13.3. The number of nitrogens with zero attached hydrogens (tertiary/aromatic N) is 3. The van der Waals surface area contributed by atoms with Gasteiger partial charge in [-0.2, -0.15) is 9.97 Å². The number of benzene rings is 2. The Bertz CT molecular complexity index is 968. The van der Waals surface area contributed by atoms with Crippen LogP contribution in [0, 0.1) is 17.0 Å². The third kappa shape index (κ3) is 3.96. The molecule has 0 fully saturated rings. The SMILES string of the molecule is Cc1ccccc1Nc1nc(Nc2ccc([N+](=O)[O-])cc2)[nH]c(=O)n1. The summed E-state index contributed by atoms with van der Waals surface area (Å²) in [5.41, 5.74) is 1.71. The van der Waals surface area contributed by atoms with Crippen molar-refractivity contribution in [3.8, 4) is 0 Å². The Morgan fingerprint density at radius 1 is 1.04 bits per heavy atom. The van der Waals surface area contributed by atoms with Gasteiger partial charge in [0.2, 0.25) is 11.9 Å². The van der Waals surface area contributed by atoms with Crippen molar-refractivity contribution in [2.24, 2.45) is 0 Å². The maximum Gasteiger partial charge on any atom is 0.351 e. The second-order valence-corrected chi connectivity index (χ2v) is 5.19. The Morgan fingerprint density at radius 2 is 1.76 bits per heavy atom. The van der Waals surface area contributed by atoms with Gasteiger partial charge in [0.1, 0.15) is 0 Å². The van der Waals surface area contributed by atoms with Crippen molar-refractivity contribution in [1.82, 2.24) is 15.0 Å². The standard InChI is InChI=1S/C16H14N6O3/c1-10-4-2-3-5-13(10)18-15-19-14(20-16(23)21-15)17-11-6-8-12(9-7-11)22(24)25/h2-9H,1H3,(H3,17,18,19,20,21,23). The molecule has 0 unspecified atom stereocenters. The van der Waals surface area contributed by atoms with Gasteiger partial charge in [-0.25, -0.2) is 4.79 Å². The number of hydrogen-bond donors (Lipinski definition) is 3. The molecule has 0 saturated heterocycles. The van der Waals surface area contributed by atoms with Crippen LogP contribution < -0.4 is 16.3 Å². The molecule has 0 spiro atoms. The van der Waals surface area contributed by atoms with Crippen LogP contribution in [0.1, 0.15) is 5.56 Å². The summed E-state index contributed by atoms with van der Waals surface area (Å²) in [6.45, 7) is 1.92. The predicted molar refractivity (Wildman–Crippen MR) is 93.5 cm³/mol. The molecular weight excluding hydrogens is 324 g/mol. The number of hydrogen-bond acceptors (Lipinski definition) is 7. The topological polar surface area (TPSA) is 126 Å². The van der Waals surface area contributed by atoms with Gasteiger partial charge in [-0.05, 0) is 30.7 Å². The molecule has 25 heavy (non-hydrogen) atoms. The molecule has 9 heteroatoms. The Morgan fingerprint density at radius 3 is 2.44 bits per heavy atom. The van der Waals surface area contributed by atoms with Crippen molar-refractivity contribution in [2.45, 2.75) is 6.92 Å². The van der Waals surface area contributed by atoms with Crippen LogP contribution in [-0.4, -0.2) is 19.9 Å². The summed E-state index contributed by atoms with van der Waals surface area (Å²) in [7, 11) is 0. The number of aromatic amines is 1. The third-order valence-electron chi connectivity index (χ3n) is 3.38. The third-order valence-corrected chi connectivity index (χ3v) is 3.38. The number of aromatic nitrogens is 3. The molecule has 3 rings (SSSR count). The maximum absolute atomic E-state index is 11.7. The highest BCUT2D eigenvalue weighted by Gasteiger charge is 2.07. The zero-order chi connectivity index (χ0) is 17.8. The molecule has 3 N–H and O–H groups in total. The lowest BCUT2D eigenvalue weighted by atomic mass is 10.2. The predicted octanol–water partition coefficient (Wildman–Crippen LogP) is 2.87. The fourth-order valence-electron chi connectivity index (χ4n) is 2.14. The Balaban J connectivity index is 1.83. The molecule has 0 aliphatic heterocycles. The number of aryl methyl sites for hydroxylation is 1. The van der Waals surface area contributed by atoms with E-state index in [0.717, 1.165) is 11.3 Å². The first-order valence-electron chi connectivity index (χ1n) is 7.34. The highest BCUT2D eigenvalue weighted by Crippen LogP contribution is 2.19. The van der Waals surface area contributed by atoms with Crippen LogP contribution >= 0.6 is 0 Å². The fraction of sp³-hybridized carbons (Fsp3) is 0.0625. The Kier molecular flexibility index (Phi) is 4.38. The Labute approximate surface area is 141 Å². The molecule has 2 aromatic carbocycles. The van der Waals surface area contributed by atoms with E-state index in [1.165, 1.54) is 24.3 Å². The first-order chi connectivity index (χ1) is 12.0. The van der Waals surface area contributed by atoms with Crippen LogP contribution in [0.2, 0.25) is 0 Å². The monoisotopic (exact) mass is 338 g/mol. The lowest BCUT2D eigenvalue weighted by Crippen LogP contribution is -2.16. The number of nitrogens with one attached hydrogen (secondary N) is 3. The van der Waals surface area contributed by atoms with Crippen LogP contribution in [0.15, 0.2) is 53.3 Å². The second kappa shape index (κ2) is 6.79. The number of nitro groups is 1. The second-order valence-electron chi connectivity index (χ2n) is 5.19. The zero-order valence-corrected chi connectivity index (χ0v) is 13.2. The van der Waals surface area contributed by atoms with Crippen molar-refractivity contribution >= 4 is 29.0 Å². The summed E-state index contributed by atoms with van der Waals surface area (Å²) in [5, 5.41) is 16.5. The molecule has 3 aromatic rings. The average Bonchev–Trinajstić information content (AvgIpc) is 2.57. The molecule has 1 heterocycles. The Hall–Kier alpha value is -3.75. The highest BCUT2D eigenvalue weighted by atomic mass is 16.6. The lowest BCUT2D eigenvalue weighted by molar-refractivity contribution is -0.384. The maximum atomic E-state index is 11.7. The van der Waals surface area contributed by atoms with Gasteiger partial charge in [-0.3, -0.25) is 15.1 Å². The minimum atomic E-state index is -0.574. The number of nitro benzene ring substituents is 1. The van der Waals surface area contributed by atoms with Crippen molar-refractivity contribution in [3.63, 3.8) is 0 Å². The number of non-ortho nitro benzene ring substituents is 1. The van der Waals surface area contributed by atoms with Gasteiger partial charge in [0, 0.05) is 23.5 Å². The smallest absolute Gasteiger partial charge is 0.326 e. The quantitative estimate of drug-likeness (QED) is 0.482. The van der Waals surface area contributed by atoms with Gasteiger partial charge in [-0.1, -0.05) is 18.2 Å². The zero-order valence-electron chi connectivity index (χ0n) is 13.2. The van der Waals surface area contributed by atoms with Gasteiger partial charge < -0.3 is 10.6 Å². The summed E-state index contributed by atoms with van der Waals surface area (Å²) >= 11 is 0. The lowest BCUT2D eigenvalue weighted by Gasteiger charge is -2.09. The molecule has 1 aromatic heterocycles. The van der Waals surface area contributed by atoms with E-state index in [9.17, 15) is 14.9 Å². The molecular formula is C16H14N6O3. The fourth-order valence-corrected chi connectivity index (χ4v) is 2.14. The van der Waals surface area contributed by atoms with Crippen molar-refractivity contribution in [1.29, 1.82) is 0 Å². The van der Waals surface area contributed by atoms with Gasteiger partial charge in [0.25, 0.3) is 5.69 Å². The minimum absolute atomic E-state index is 0.0244. The van der Waals surface area contributed by atoms with Crippen LogP contribution in [0.4, 0.5) is 29.0 Å². The van der Waals surface area contributed by atoms with Crippen LogP contribution in [0.5, 0.6) is 0 Å². The largest absolute Gasteiger partial charge is 0.351 e. The molecule has 126 valence electrons. The number of H-pyrrole nitrogens is 1. The van der Waals surface area contributed by atoms with E-state index >= 15 is 0 Å². The molecule has 0 bridgehead atoms. The first-order valence-corrected chi connectivity index (χ1v) is 7.34. The molecule has 0 atom stereocenters. The number of para-hydroxylation sites is 1. The molecule has 0 radical (unpaired) electrons. The van der Waals surface area contributed by atoms with E-state index in [1.807, 2.05) is 31.2 Å². The van der Waals surface area contributed by atoms with E-state index in [0.29, 0.717) is 5.69 Å². The van der Waals surface area contributed by atoms with E-state index in [1.54, 1.807) is 0 Å². The molecule has 0 amide bonds.